The summed E-state index contributed by atoms with van der Waals surface area (Å²) in [5, 5.41) is 2.94. The van der Waals surface area contributed by atoms with E-state index in [0.29, 0.717) is 23.0 Å². The number of hydrogen-bond donors (Lipinski definition) is 2. The molecule has 6 heteroatoms. The highest BCUT2D eigenvalue weighted by molar-refractivity contribution is 7.98. The molecule has 2 aromatic rings. The third kappa shape index (κ3) is 3.19. The van der Waals surface area contributed by atoms with Gasteiger partial charge in [0, 0.05) is 12.7 Å². The number of amides is 1. The minimum Gasteiger partial charge on any atom is -0.396 e. The molecule has 0 aliphatic carbocycles. The number of hydrogen-bond acceptors (Lipinski definition) is 5. The third-order valence-electron chi connectivity index (χ3n) is 2.75. The predicted molar refractivity (Wildman–Crippen MR) is 83.9 cm³/mol. The maximum absolute atomic E-state index is 12.1. The van der Waals surface area contributed by atoms with Gasteiger partial charge in [-0.25, -0.2) is 0 Å². The molecule has 1 amide bonds. The Morgan fingerprint density at radius 1 is 1.63 bits per heavy atom. The molecule has 2 rings (SSSR count). The van der Waals surface area contributed by atoms with Crippen LogP contribution < -0.4 is 11.1 Å². The first-order chi connectivity index (χ1) is 9.13. The number of aromatic nitrogens is 1. The number of carbonyl (C=O) groups is 1. The third-order valence-corrected chi connectivity index (χ3v) is 4.81. The fraction of sp³-hybridized carbons (Fsp3) is 0.385. The topological polar surface area (TPSA) is 68.0 Å². The van der Waals surface area contributed by atoms with Crippen LogP contribution in [0.2, 0.25) is 0 Å². The Morgan fingerprint density at radius 2 is 2.42 bits per heavy atom. The standard InChI is InChI=1S/C13H17N3OS2/c1-8(7-18-2)6-16-13(17)12-10(14)11-9(19-12)4-3-5-15-11/h3-5,8H,6-7,14H2,1-2H3,(H,16,17). The number of nitrogens with one attached hydrogen (secondary N) is 1. The van der Waals surface area contributed by atoms with Crippen LogP contribution in [-0.4, -0.2) is 29.4 Å². The lowest BCUT2D eigenvalue weighted by atomic mass is 10.2. The zero-order chi connectivity index (χ0) is 13.8. The number of rotatable bonds is 5. The number of thiophene rings is 1. The van der Waals surface area contributed by atoms with E-state index >= 15 is 0 Å². The second-order valence-corrected chi connectivity index (χ2v) is 6.43. The van der Waals surface area contributed by atoms with Crippen molar-refractivity contribution < 1.29 is 4.79 Å². The highest BCUT2D eigenvalue weighted by atomic mass is 32.2. The molecule has 0 bridgehead atoms. The van der Waals surface area contributed by atoms with Crippen molar-refractivity contribution in [3.05, 3.63) is 23.2 Å². The zero-order valence-corrected chi connectivity index (χ0v) is 12.6. The number of nitrogens with zero attached hydrogens (tertiary/aromatic N) is 1. The summed E-state index contributed by atoms with van der Waals surface area (Å²) in [7, 11) is 0. The van der Waals surface area contributed by atoms with E-state index < -0.39 is 0 Å². The van der Waals surface area contributed by atoms with Crippen molar-refractivity contribution in [3.8, 4) is 0 Å². The molecule has 102 valence electrons. The Balaban J connectivity index is 2.11. The molecule has 0 radical (unpaired) electrons. The summed E-state index contributed by atoms with van der Waals surface area (Å²) in [4.78, 5) is 16.9. The van der Waals surface area contributed by atoms with Gasteiger partial charge in [-0.1, -0.05) is 6.92 Å². The minimum absolute atomic E-state index is 0.103. The van der Waals surface area contributed by atoms with Gasteiger partial charge in [0.15, 0.2) is 0 Å². The van der Waals surface area contributed by atoms with E-state index in [1.165, 1.54) is 11.3 Å². The Morgan fingerprint density at radius 3 is 3.11 bits per heavy atom. The Hall–Kier alpha value is -1.27. The lowest BCUT2D eigenvalue weighted by molar-refractivity contribution is 0.0954. The Labute approximate surface area is 120 Å². The number of fused-ring (bicyclic) bond motifs is 1. The molecule has 19 heavy (non-hydrogen) atoms. The molecule has 1 unspecified atom stereocenters. The van der Waals surface area contributed by atoms with Crippen LogP contribution in [0.1, 0.15) is 16.6 Å². The van der Waals surface area contributed by atoms with Crippen molar-refractivity contribution >= 4 is 44.9 Å². The first-order valence-corrected chi connectivity index (χ1v) is 8.24. The van der Waals surface area contributed by atoms with Crippen LogP contribution in [0, 0.1) is 5.92 Å². The van der Waals surface area contributed by atoms with Crippen LogP contribution in [0.25, 0.3) is 10.2 Å². The quantitative estimate of drug-likeness (QED) is 0.889. The number of nitrogens with two attached hydrogens (primary N) is 1. The van der Waals surface area contributed by atoms with Crippen molar-refractivity contribution in [2.45, 2.75) is 6.92 Å². The number of nitrogen functional groups attached to an aromatic ring is 1. The van der Waals surface area contributed by atoms with Crippen LogP contribution in [0.3, 0.4) is 0 Å². The highest BCUT2D eigenvalue weighted by Gasteiger charge is 2.17. The van der Waals surface area contributed by atoms with Crippen molar-refractivity contribution in [2.24, 2.45) is 5.92 Å². The molecule has 0 aromatic carbocycles. The summed E-state index contributed by atoms with van der Waals surface area (Å²) in [6, 6.07) is 3.77. The zero-order valence-electron chi connectivity index (χ0n) is 11.0. The molecular weight excluding hydrogens is 278 g/mol. The van der Waals surface area contributed by atoms with Crippen LogP contribution in [0.15, 0.2) is 18.3 Å². The largest absolute Gasteiger partial charge is 0.396 e. The summed E-state index contributed by atoms with van der Waals surface area (Å²) >= 11 is 3.17. The average molecular weight is 295 g/mol. The fourth-order valence-electron chi connectivity index (χ4n) is 1.81. The van der Waals surface area contributed by atoms with E-state index in [0.717, 1.165) is 16.0 Å². The number of anilines is 1. The van der Waals surface area contributed by atoms with Crippen molar-refractivity contribution in [2.75, 3.05) is 24.3 Å². The lowest BCUT2D eigenvalue weighted by Gasteiger charge is -2.10. The van der Waals surface area contributed by atoms with Gasteiger partial charge >= 0.3 is 0 Å². The molecule has 0 spiro atoms. The Bertz CT molecular complexity index is 582. The summed E-state index contributed by atoms with van der Waals surface area (Å²) in [5.41, 5.74) is 7.19. The van der Waals surface area contributed by atoms with Gasteiger partial charge in [0.25, 0.3) is 5.91 Å². The summed E-state index contributed by atoms with van der Waals surface area (Å²) in [6.45, 7) is 2.79. The van der Waals surface area contributed by atoms with Gasteiger partial charge in [0.1, 0.15) is 10.4 Å². The van der Waals surface area contributed by atoms with Crippen molar-refractivity contribution in [1.82, 2.24) is 10.3 Å². The lowest BCUT2D eigenvalue weighted by Crippen LogP contribution is -2.28. The van der Waals surface area contributed by atoms with E-state index in [2.05, 4.69) is 23.5 Å². The van der Waals surface area contributed by atoms with Gasteiger partial charge in [0.05, 0.1) is 10.4 Å². The molecule has 2 heterocycles. The van der Waals surface area contributed by atoms with Crippen molar-refractivity contribution in [3.63, 3.8) is 0 Å². The summed E-state index contributed by atoms with van der Waals surface area (Å²) in [6.07, 6.45) is 3.75. The second kappa shape index (κ2) is 6.25. The smallest absolute Gasteiger partial charge is 0.263 e. The molecule has 0 saturated carbocycles. The van der Waals surface area contributed by atoms with E-state index in [4.69, 9.17) is 5.73 Å². The van der Waals surface area contributed by atoms with E-state index in [9.17, 15) is 4.79 Å². The van der Waals surface area contributed by atoms with Crippen LogP contribution >= 0.6 is 23.1 Å². The van der Waals surface area contributed by atoms with Gasteiger partial charge in [0.2, 0.25) is 0 Å². The molecule has 0 aliphatic heterocycles. The van der Waals surface area contributed by atoms with Crippen LogP contribution in [0.4, 0.5) is 5.69 Å². The molecule has 2 aromatic heterocycles. The molecule has 3 N–H and O–H groups in total. The molecule has 4 nitrogen and oxygen atoms in total. The number of thioether (sulfide) groups is 1. The normalized spacial score (nSPS) is 12.5. The highest BCUT2D eigenvalue weighted by Crippen LogP contribution is 2.31. The van der Waals surface area contributed by atoms with E-state index in [-0.39, 0.29) is 5.91 Å². The molecule has 1 atom stereocenters. The van der Waals surface area contributed by atoms with Gasteiger partial charge in [-0.3, -0.25) is 9.78 Å². The van der Waals surface area contributed by atoms with Crippen LogP contribution in [-0.2, 0) is 0 Å². The summed E-state index contributed by atoms with van der Waals surface area (Å²) in [5.74, 6) is 1.38. The first-order valence-electron chi connectivity index (χ1n) is 6.03. The SMILES string of the molecule is CSCC(C)CNC(=O)c1sc2cccnc2c1N. The maximum Gasteiger partial charge on any atom is 0.263 e. The number of pyridine rings is 1. The van der Waals surface area contributed by atoms with Gasteiger partial charge < -0.3 is 11.1 Å². The fourth-order valence-corrected chi connectivity index (χ4v) is 3.49. The van der Waals surface area contributed by atoms with Gasteiger partial charge in [-0.05, 0) is 30.1 Å². The Kier molecular flexibility index (Phi) is 4.66. The molecule has 0 fully saturated rings. The summed E-state index contributed by atoms with van der Waals surface area (Å²) < 4.78 is 0.947. The molecule has 0 saturated heterocycles. The second-order valence-electron chi connectivity index (χ2n) is 4.47. The van der Waals surface area contributed by atoms with Gasteiger partial charge in [-0.15, -0.1) is 11.3 Å². The van der Waals surface area contributed by atoms with Crippen molar-refractivity contribution in [1.29, 1.82) is 0 Å². The monoisotopic (exact) mass is 295 g/mol. The maximum atomic E-state index is 12.1. The average Bonchev–Trinajstić information content (AvgIpc) is 2.74. The van der Waals surface area contributed by atoms with E-state index in [1.807, 2.05) is 12.1 Å². The molecular formula is C13H17N3OS2. The predicted octanol–water partition coefficient (Wildman–Crippen LogP) is 2.61. The van der Waals surface area contributed by atoms with Crippen LogP contribution in [0.5, 0.6) is 0 Å². The molecule has 0 aliphatic rings. The van der Waals surface area contributed by atoms with E-state index in [1.54, 1.807) is 18.0 Å². The number of carbonyl (C=O) groups excluding carboxylic acids is 1. The first kappa shape index (κ1) is 14.1. The van der Waals surface area contributed by atoms with Gasteiger partial charge in [-0.2, -0.15) is 11.8 Å². The minimum atomic E-state index is -0.103.